The molecule has 3 aromatic carbocycles. The Kier molecular flexibility index (Phi) is 6.25. The monoisotopic (exact) mass is 469 g/mol. The minimum atomic E-state index is -0.222. The van der Waals surface area contributed by atoms with E-state index >= 15 is 0 Å². The predicted molar refractivity (Wildman–Crippen MR) is 132 cm³/mol. The largest absolute Gasteiger partial charge is 0.456 e. The van der Waals surface area contributed by atoms with Gasteiger partial charge in [-0.1, -0.05) is 41.6 Å². The molecule has 1 amide bonds. The number of rotatable bonds is 4. The van der Waals surface area contributed by atoms with Gasteiger partial charge < -0.3 is 20.7 Å². The molecule has 0 aliphatic carbocycles. The predicted octanol–water partition coefficient (Wildman–Crippen LogP) is 4.26. The fraction of sp³-hybridized carbons (Fsp3) is 0.115. The Morgan fingerprint density at radius 2 is 1.94 bits per heavy atom. The van der Waals surface area contributed by atoms with E-state index in [0.29, 0.717) is 35.4 Å². The number of benzene rings is 3. The van der Waals surface area contributed by atoms with Crippen molar-refractivity contribution in [3.05, 3.63) is 83.6 Å². The molecule has 0 spiro atoms. The zero-order chi connectivity index (χ0) is 23.3. The quantitative estimate of drug-likeness (QED) is 0.387. The van der Waals surface area contributed by atoms with Crippen LogP contribution in [0.1, 0.15) is 5.56 Å². The molecule has 34 heavy (non-hydrogen) atoms. The summed E-state index contributed by atoms with van der Waals surface area (Å²) in [7, 11) is 0. The van der Waals surface area contributed by atoms with E-state index in [1.165, 1.54) is 6.33 Å². The van der Waals surface area contributed by atoms with Crippen LogP contribution < -0.4 is 20.7 Å². The van der Waals surface area contributed by atoms with Crippen LogP contribution in [0.5, 0.6) is 11.5 Å². The summed E-state index contributed by atoms with van der Waals surface area (Å²) in [6.45, 7) is 0.941. The van der Waals surface area contributed by atoms with Crippen LogP contribution >= 0.6 is 11.6 Å². The van der Waals surface area contributed by atoms with E-state index in [4.69, 9.17) is 16.3 Å². The zero-order valence-corrected chi connectivity index (χ0v) is 18.8. The van der Waals surface area contributed by atoms with Gasteiger partial charge in [0.05, 0.1) is 17.1 Å². The van der Waals surface area contributed by atoms with Crippen molar-refractivity contribution in [2.24, 2.45) is 0 Å². The van der Waals surface area contributed by atoms with Crippen molar-refractivity contribution in [3.63, 3.8) is 0 Å². The number of nitrogens with one attached hydrogen (secondary N) is 3. The number of halogens is 1. The number of para-hydroxylation sites is 1. The van der Waals surface area contributed by atoms with Crippen molar-refractivity contribution in [1.82, 2.24) is 20.6 Å². The highest BCUT2D eigenvalue weighted by Gasteiger charge is 2.15. The van der Waals surface area contributed by atoms with Crippen molar-refractivity contribution in [2.45, 2.75) is 6.04 Å². The summed E-state index contributed by atoms with van der Waals surface area (Å²) in [6, 6.07) is 20.4. The van der Waals surface area contributed by atoms with E-state index < -0.39 is 0 Å². The normalized spacial score (nSPS) is 15.2. The lowest BCUT2D eigenvalue weighted by molar-refractivity contribution is -0.121. The van der Waals surface area contributed by atoms with Crippen molar-refractivity contribution in [3.8, 4) is 23.3 Å². The Hall–Kier alpha value is -4.12. The molecule has 0 saturated carbocycles. The van der Waals surface area contributed by atoms with Gasteiger partial charge in [0.1, 0.15) is 29.7 Å². The number of nitrogens with zero attached hydrogens (tertiary/aromatic N) is 2. The molecule has 1 aromatic heterocycles. The van der Waals surface area contributed by atoms with Crippen LogP contribution in [0.3, 0.4) is 0 Å². The van der Waals surface area contributed by atoms with Crippen LogP contribution in [0, 0.1) is 11.8 Å². The van der Waals surface area contributed by atoms with Crippen LogP contribution in [0.4, 0.5) is 11.5 Å². The van der Waals surface area contributed by atoms with Crippen molar-refractivity contribution in [1.29, 1.82) is 0 Å². The first-order valence-corrected chi connectivity index (χ1v) is 11.1. The first kappa shape index (κ1) is 21.7. The molecule has 1 saturated heterocycles. The molecule has 1 fully saturated rings. The highest BCUT2D eigenvalue weighted by atomic mass is 35.5. The van der Waals surface area contributed by atoms with Gasteiger partial charge in [0, 0.05) is 23.2 Å². The van der Waals surface area contributed by atoms with Gasteiger partial charge in [-0.2, -0.15) is 0 Å². The molecular weight excluding hydrogens is 450 g/mol. The molecule has 1 aliphatic heterocycles. The Labute approximate surface area is 201 Å². The van der Waals surface area contributed by atoms with Crippen LogP contribution in [-0.2, 0) is 4.79 Å². The number of hydrogen-bond acceptors (Lipinski definition) is 6. The number of anilines is 2. The summed E-state index contributed by atoms with van der Waals surface area (Å²) in [5.74, 6) is 8.09. The second kappa shape index (κ2) is 9.79. The van der Waals surface area contributed by atoms with E-state index in [9.17, 15) is 4.79 Å². The smallest absolute Gasteiger partial charge is 0.234 e. The number of carbonyl (C=O) groups excluding carboxylic acids is 1. The third kappa shape index (κ3) is 5.09. The number of piperazine rings is 1. The molecule has 5 rings (SSSR count). The summed E-state index contributed by atoms with van der Waals surface area (Å²) < 4.78 is 5.85. The van der Waals surface area contributed by atoms with Crippen molar-refractivity contribution >= 4 is 39.9 Å². The summed E-state index contributed by atoms with van der Waals surface area (Å²) >= 11 is 6.46. The molecule has 0 radical (unpaired) electrons. The highest BCUT2D eigenvalue weighted by molar-refractivity contribution is 6.32. The lowest BCUT2D eigenvalue weighted by Gasteiger charge is -2.19. The van der Waals surface area contributed by atoms with Gasteiger partial charge in [0.15, 0.2) is 0 Å². The molecular formula is C26H20ClN5O2. The molecule has 1 aliphatic rings. The van der Waals surface area contributed by atoms with Gasteiger partial charge in [-0.05, 0) is 48.5 Å². The molecule has 1 unspecified atom stereocenters. The molecule has 2 heterocycles. The molecule has 3 N–H and O–H groups in total. The average molecular weight is 470 g/mol. The number of carbonyl (C=O) groups is 1. The van der Waals surface area contributed by atoms with Crippen LogP contribution in [0.15, 0.2) is 73.1 Å². The second-order valence-corrected chi connectivity index (χ2v) is 8.07. The maximum absolute atomic E-state index is 11.5. The second-order valence-electron chi connectivity index (χ2n) is 7.66. The number of fused-ring (bicyclic) bond motifs is 1. The Bertz CT molecular complexity index is 1420. The van der Waals surface area contributed by atoms with Gasteiger partial charge >= 0.3 is 0 Å². The maximum atomic E-state index is 11.5. The third-order valence-electron chi connectivity index (χ3n) is 5.16. The lowest BCUT2D eigenvalue weighted by Crippen LogP contribution is -2.51. The Balaban J connectivity index is 1.38. The first-order valence-electron chi connectivity index (χ1n) is 10.7. The van der Waals surface area contributed by atoms with Gasteiger partial charge in [0.25, 0.3) is 0 Å². The molecule has 4 aromatic rings. The molecule has 0 bridgehead atoms. The summed E-state index contributed by atoms with van der Waals surface area (Å²) in [4.78, 5) is 20.3. The summed E-state index contributed by atoms with van der Waals surface area (Å²) in [5.41, 5.74) is 2.35. The highest BCUT2D eigenvalue weighted by Crippen LogP contribution is 2.33. The molecule has 1 atom stereocenters. The minimum Gasteiger partial charge on any atom is -0.456 e. The van der Waals surface area contributed by atoms with Gasteiger partial charge in [-0.25, -0.2) is 9.97 Å². The zero-order valence-electron chi connectivity index (χ0n) is 18.0. The van der Waals surface area contributed by atoms with Crippen LogP contribution in [0.2, 0.25) is 5.02 Å². The molecule has 168 valence electrons. The first-order chi connectivity index (χ1) is 16.6. The third-order valence-corrected chi connectivity index (χ3v) is 5.46. The fourth-order valence-corrected chi connectivity index (χ4v) is 3.75. The fourth-order valence-electron chi connectivity index (χ4n) is 3.53. The standard InChI is InChI=1S/C26H20ClN5O2/c27-22-13-18(9-11-24(22)34-20-4-2-1-3-5-20)32-26-21-12-17(7-10-23(21)29-16-30-26)6-8-19-14-28-15-25(33)31-19/h1-5,7,9-13,16,19,28H,14-15H2,(H,31,33)(H,29,30,32). The summed E-state index contributed by atoms with van der Waals surface area (Å²) in [6.07, 6.45) is 1.51. The lowest BCUT2D eigenvalue weighted by atomic mass is 10.1. The maximum Gasteiger partial charge on any atom is 0.234 e. The minimum absolute atomic E-state index is 0.0530. The molecule has 8 heteroatoms. The van der Waals surface area contributed by atoms with Crippen molar-refractivity contribution in [2.75, 3.05) is 18.4 Å². The van der Waals surface area contributed by atoms with E-state index in [-0.39, 0.29) is 11.9 Å². The van der Waals surface area contributed by atoms with E-state index in [0.717, 1.165) is 22.2 Å². The number of aromatic nitrogens is 2. The van der Waals surface area contributed by atoms with E-state index in [1.54, 1.807) is 6.07 Å². The topological polar surface area (TPSA) is 88.2 Å². The number of amides is 1. The summed E-state index contributed by atoms with van der Waals surface area (Å²) in [5, 5.41) is 10.5. The van der Waals surface area contributed by atoms with E-state index in [1.807, 2.05) is 60.7 Å². The van der Waals surface area contributed by atoms with Crippen LogP contribution in [0.25, 0.3) is 10.9 Å². The number of hydrogen-bond donors (Lipinski definition) is 3. The Morgan fingerprint density at radius 1 is 1.06 bits per heavy atom. The average Bonchev–Trinajstić information content (AvgIpc) is 2.85. The van der Waals surface area contributed by atoms with Gasteiger partial charge in [-0.15, -0.1) is 0 Å². The number of ether oxygens (including phenoxy) is 1. The van der Waals surface area contributed by atoms with Gasteiger partial charge in [0.2, 0.25) is 5.91 Å². The SMILES string of the molecule is O=C1CNCC(C#Cc2ccc3ncnc(Nc4ccc(Oc5ccccc5)c(Cl)c4)c3c2)N1. The van der Waals surface area contributed by atoms with Gasteiger partial charge in [-0.3, -0.25) is 4.79 Å². The van der Waals surface area contributed by atoms with Crippen LogP contribution in [-0.4, -0.2) is 35.0 Å². The van der Waals surface area contributed by atoms with E-state index in [2.05, 4.69) is 37.8 Å². The molecule has 7 nitrogen and oxygen atoms in total. The Morgan fingerprint density at radius 3 is 2.76 bits per heavy atom. The van der Waals surface area contributed by atoms with Crippen molar-refractivity contribution < 1.29 is 9.53 Å².